The summed E-state index contributed by atoms with van der Waals surface area (Å²) in [7, 11) is -2.42. The van der Waals surface area contributed by atoms with Crippen LogP contribution < -0.4 is 14.8 Å². The molecule has 1 aliphatic carbocycles. The summed E-state index contributed by atoms with van der Waals surface area (Å²) >= 11 is 0. The van der Waals surface area contributed by atoms with E-state index in [0.717, 1.165) is 58.8 Å². The summed E-state index contributed by atoms with van der Waals surface area (Å²) in [5.41, 5.74) is 6.29. The number of methoxy groups -OCH3 is 1. The SMILES string of the molecule is COc1cc(C(=O)NS(=O)(=O)Cc2ccccc2)ccc1Cc1cn(C(c2ccccc2)c2ccccc2)c2ccc(NC(=O)OC3CCCC3)cc12. The number of nitrogens with zero attached hydrogens (tertiary/aromatic N) is 1. The molecule has 5 aromatic carbocycles. The van der Waals surface area contributed by atoms with Gasteiger partial charge in [0.2, 0.25) is 10.0 Å². The van der Waals surface area contributed by atoms with E-state index in [4.69, 9.17) is 9.47 Å². The Bertz CT molecular complexity index is 2280. The van der Waals surface area contributed by atoms with Gasteiger partial charge in [0.1, 0.15) is 11.9 Å². The van der Waals surface area contributed by atoms with Gasteiger partial charge in [-0.2, -0.15) is 0 Å². The van der Waals surface area contributed by atoms with Crippen molar-refractivity contribution in [2.75, 3.05) is 12.4 Å². The normalized spacial score (nSPS) is 13.2. The van der Waals surface area contributed by atoms with E-state index in [9.17, 15) is 18.0 Å². The van der Waals surface area contributed by atoms with Gasteiger partial charge in [0.05, 0.1) is 18.9 Å². The quantitative estimate of drug-likeness (QED) is 0.130. The molecule has 0 unspecified atom stereocenters. The molecule has 0 aliphatic heterocycles. The smallest absolute Gasteiger partial charge is 0.411 e. The number of benzene rings is 5. The van der Waals surface area contributed by atoms with Crippen molar-refractivity contribution < 1.29 is 27.5 Å². The number of fused-ring (bicyclic) bond motifs is 1. The minimum atomic E-state index is -3.94. The van der Waals surface area contributed by atoms with E-state index in [1.54, 1.807) is 48.5 Å². The van der Waals surface area contributed by atoms with E-state index < -0.39 is 22.0 Å². The number of anilines is 1. The Morgan fingerprint density at radius 1 is 0.792 bits per heavy atom. The third-order valence-electron chi connectivity index (χ3n) is 9.62. The number of ether oxygens (including phenoxy) is 2. The van der Waals surface area contributed by atoms with Crippen LogP contribution in [-0.2, 0) is 26.9 Å². The van der Waals surface area contributed by atoms with Crippen LogP contribution >= 0.6 is 0 Å². The van der Waals surface area contributed by atoms with Gasteiger partial charge in [-0.05, 0) is 83.8 Å². The molecule has 0 radical (unpaired) electrons. The van der Waals surface area contributed by atoms with Crippen molar-refractivity contribution in [1.82, 2.24) is 9.29 Å². The molecule has 1 saturated carbocycles. The van der Waals surface area contributed by atoms with Gasteiger partial charge in [0.25, 0.3) is 5.91 Å². The van der Waals surface area contributed by atoms with E-state index in [2.05, 4.69) is 45.1 Å². The third-order valence-corrected chi connectivity index (χ3v) is 10.8. The Balaban J connectivity index is 1.23. The summed E-state index contributed by atoms with van der Waals surface area (Å²) in [4.78, 5) is 26.0. The molecule has 0 bridgehead atoms. The van der Waals surface area contributed by atoms with Crippen molar-refractivity contribution in [2.24, 2.45) is 0 Å². The lowest BCUT2D eigenvalue weighted by Gasteiger charge is -2.22. The maximum Gasteiger partial charge on any atom is 0.411 e. The predicted octanol–water partition coefficient (Wildman–Crippen LogP) is 8.63. The summed E-state index contributed by atoms with van der Waals surface area (Å²) in [6.07, 6.45) is 5.91. The molecule has 53 heavy (non-hydrogen) atoms. The lowest BCUT2D eigenvalue weighted by Crippen LogP contribution is -2.31. The van der Waals surface area contributed by atoms with Crippen LogP contribution in [0.3, 0.4) is 0 Å². The zero-order valence-corrected chi connectivity index (χ0v) is 30.2. The van der Waals surface area contributed by atoms with Gasteiger partial charge < -0.3 is 14.0 Å². The second-order valence-corrected chi connectivity index (χ2v) is 15.1. The lowest BCUT2D eigenvalue weighted by molar-refractivity contribution is 0.0980. The second kappa shape index (κ2) is 15.8. The fourth-order valence-corrected chi connectivity index (χ4v) is 8.22. The van der Waals surface area contributed by atoms with Gasteiger partial charge in [-0.15, -0.1) is 0 Å². The Kier molecular flexibility index (Phi) is 10.6. The number of sulfonamides is 1. The van der Waals surface area contributed by atoms with Gasteiger partial charge in [0, 0.05) is 34.8 Å². The fourth-order valence-electron chi connectivity index (χ4n) is 7.11. The summed E-state index contributed by atoms with van der Waals surface area (Å²) in [5.74, 6) is -0.617. The molecule has 6 aromatic rings. The van der Waals surface area contributed by atoms with Crippen molar-refractivity contribution in [3.05, 3.63) is 167 Å². The summed E-state index contributed by atoms with van der Waals surface area (Å²) in [6.45, 7) is 0. The topological polar surface area (TPSA) is 116 Å². The summed E-state index contributed by atoms with van der Waals surface area (Å²) in [6, 6.07) is 40.0. The first kappa shape index (κ1) is 35.5. The first-order valence-electron chi connectivity index (χ1n) is 17.7. The maximum atomic E-state index is 13.2. The van der Waals surface area contributed by atoms with Crippen molar-refractivity contribution in [3.63, 3.8) is 0 Å². The molecular formula is C43H41N3O6S. The number of nitrogens with one attached hydrogen (secondary N) is 2. The molecule has 2 N–H and O–H groups in total. The highest BCUT2D eigenvalue weighted by molar-refractivity contribution is 7.89. The van der Waals surface area contributed by atoms with Crippen LogP contribution in [0.25, 0.3) is 10.9 Å². The van der Waals surface area contributed by atoms with Crippen molar-refractivity contribution in [2.45, 2.75) is 50.0 Å². The minimum Gasteiger partial charge on any atom is -0.496 e. The van der Waals surface area contributed by atoms with Gasteiger partial charge in [-0.3, -0.25) is 10.1 Å². The standard InChI is InChI=1S/C43H41N3O6S/c1-51-40-26-34(42(47)45-53(49,50)29-30-13-5-2-6-14-30)22-21-33(40)25-35-28-46(41(31-15-7-3-8-16-31)32-17-9-4-10-18-32)39-24-23-36(27-38(35)39)44-43(48)52-37-19-11-12-20-37/h2-10,13-18,21-24,26-28,37,41H,11-12,19-20,25,29H2,1H3,(H,44,48)(H,45,47). The Morgan fingerprint density at radius 2 is 1.43 bits per heavy atom. The average molecular weight is 728 g/mol. The largest absolute Gasteiger partial charge is 0.496 e. The third kappa shape index (κ3) is 8.45. The number of aromatic nitrogens is 1. The van der Waals surface area contributed by atoms with E-state index in [1.165, 1.54) is 7.11 Å². The Morgan fingerprint density at radius 3 is 2.08 bits per heavy atom. The van der Waals surface area contributed by atoms with Gasteiger partial charge in [-0.25, -0.2) is 17.9 Å². The van der Waals surface area contributed by atoms with Crippen LogP contribution in [0.4, 0.5) is 10.5 Å². The first-order chi connectivity index (χ1) is 25.8. The van der Waals surface area contributed by atoms with E-state index in [-0.39, 0.29) is 23.5 Å². The molecule has 7 rings (SSSR count). The molecule has 0 atom stereocenters. The molecule has 1 heterocycles. The lowest BCUT2D eigenvalue weighted by atomic mass is 9.98. The molecule has 9 nitrogen and oxygen atoms in total. The second-order valence-electron chi connectivity index (χ2n) is 13.3. The number of amides is 2. The number of carbonyl (C=O) groups excluding carboxylic acids is 2. The number of hydrogen-bond donors (Lipinski definition) is 2. The van der Waals surface area contributed by atoms with Crippen LogP contribution in [0.5, 0.6) is 5.75 Å². The van der Waals surface area contributed by atoms with Crippen LogP contribution in [0.2, 0.25) is 0 Å². The van der Waals surface area contributed by atoms with Gasteiger partial charge >= 0.3 is 6.09 Å². The monoisotopic (exact) mass is 727 g/mol. The van der Waals surface area contributed by atoms with Gasteiger partial charge in [-0.1, -0.05) is 97.1 Å². The summed E-state index contributed by atoms with van der Waals surface area (Å²) in [5, 5.41) is 3.87. The predicted molar refractivity (Wildman–Crippen MR) is 207 cm³/mol. The van der Waals surface area contributed by atoms with Crippen molar-refractivity contribution in [3.8, 4) is 5.75 Å². The number of hydrogen-bond acceptors (Lipinski definition) is 6. The zero-order chi connectivity index (χ0) is 36.8. The molecule has 1 fully saturated rings. The first-order valence-corrected chi connectivity index (χ1v) is 19.4. The van der Waals surface area contributed by atoms with Crippen molar-refractivity contribution >= 4 is 38.6 Å². The van der Waals surface area contributed by atoms with Crippen LogP contribution in [0, 0.1) is 0 Å². The van der Waals surface area contributed by atoms with E-state index in [1.807, 2.05) is 54.6 Å². The molecule has 0 saturated heterocycles. The zero-order valence-electron chi connectivity index (χ0n) is 29.4. The van der Waals surface area contributed by atoms with Crippen LogP contribution in [-0.4, -0.2) is 38.2 Å². The molecular weight excluding hydrogens is 687 g/mol. The number of rotatable bonds is 12. The molecule has 1 aromatic heterocycles. The minimum absolute atomic E-state index is 0.0608. The number of carbonyl (C=O) groups is 2. The molecule has 2 amide bonds. The molecule has 10 heteroatoms. The maximum absolute atomic E-state index is 13.2. The molecule has 1 aliphatic rings. The summed E-state index contributed by atoms with van der Waals surface area (Å²) < 4.78 is 41.5. The van der Waals surface area contributed by atoms with Crippen LogP contribution in [0.1, 0.15) is 69.9 Å². The highest BCUT2D eigenvalue weighted by Gasteiger charge is 2.24. The highest BCUT2D eigenvalue weighted by Crippen LogP contribution is 2.36. The fraction of sp³-hybridized carbons (Fsp3) is 0.209. The van der Waals surface area contributed by atoms with Crippen LogP contribution in [0.15, 0.2) is 134 Å². The Labute approximate surface area is 309 Å². The Hall–Kier alpha value is -5.87. The average Bonchev–Trinajstić information content (AvgIpc) is 3.80. The highest BCUT2D eigenvalue weighted by atomic mass is 32.2. The molecule has 0 spiro atoms. The van der Waals surface area contributed by atoms with Gasteiger partial charge in [0.15, 0.2) is 0 Å². The van der Waals surface area contributed by atoms with E-state index >= 15 is 0 Å². The van der Waals surface area contributed by atoms with E-state index in [0.29, 0.717) is 23.4 Å². The van der Waals surface area contributed by atoms with Crippen molar-refractivity contribution in [1.29, 1.82) is 0 Å². The molecule has 270 valence electrons.